The lowest BCUT2D eigenvalue weighted by molar-refractivity contribution is 0.0860. The summed E-state index contributed by atoms with van der Waals surface area (Å²) in [6, 6.07) is 5.87. The van der Waals surface area contributed by atoms with Gasteiger partial charge in [0.25, 0.3) is 0 Å². The third-order valence-corrected chi connectivity index (χ3v) is 4.23. The fraction of sp³-hybridized carbons (Fsp3) is 0.375. The van der Waals surface area contributed by atoms with Gasteiger partial charge in [-0.05, 0) is 39.4 Å². The molecule has 3 nitrogen and oxygen atoms in total. The van der Waals surface area contributed by atoms with E-state index < -0.39 is 0 Å². The summed E-state index contributed by atoms with van der Waals surface area (Å²) in [5.74, 6) is 0.170. The fourth-order valence-electron chi connectivity index (χ4n) is 2.13. The number of nitrogens with zero attached hydrogens (tertiary/aromatic N) is 2. The Bertz CT molecular complexity index is 593. The molecule has 0 aliphatic heterocycles. The van der Waals surface area contributed by atoms with E-state index in [1.807, 2.05) is 61.8 Å². The van der Waals surface area contributed by atoms with E-state index in [0.29, 0.717) is 6.54 Å². The molecule has 1 aromatic carbocycles. The summed E-state index contributed by atoms with van der Waals surface area (Å²) in [5, 5.41) is 2.02. The molecule has 1 unspecified atom stereocenters. The van der Waals surface area contributed by atoms with E-state index in [-0.39, 0.29) is 11.8 Å². The molecule has 0 bridgehead atoms. The lowest BCUT2D eigenvalue weighted by Crippen LogP contribution is -2.36. The van der Waals surface area contributed by atoms with E-state index in [0.717, 1.165) is 22.4 Å². The molecule has 0 N–H and O–H groups in total. The van der Waals surface area contributed by atoms with E-state index in [1.54, 1.807) is 11.3 Å². The molecule has 0 saturated carbocycles. The molecule has 106 valence electrons. The van der Waals surface area contributed by atoms with Crippen LogP contribution in [0.25, 0.3) is 0 Å². The van der Waals surface area contributed by atoms with Gasteiger partial charge in [0.2, 0.25) is 0 Å². The van der Waals surface area contributed by atoms with Gasteiger partial charge in [-0.15, -0.1) is 11.3 Å². The zero-order chi connectivity index (χ0) is 14.7. The highest BCUT2D eigenvalue weighted by atomic mass is 32.1. The lowest BCUT2D eigenvalue weighted by atomic mass is 9.98. The monoisotopic (exact) mass is 288 g/mol. The smallest absolute Gasteiger partial charge is 0.179 e. The van der Waals surface area contributed by atoms with Crippen LogP contribution in [-0.2, 0) is 6.54 Å². The normalized spacial score (nSPS) is 12.7. The third-order valence-electron chi connectivity index (χ3n) is 3.59. The van der Waals surface area contributed by atoms with Gasteiger partial charge in [-0.25, -0.2) is 4.98 Å². The third kappa shape index (κ3) is 3.32. The predicted molar refractivity (Wildman–Crippen MR) is 83.3 cm³/mol. The minimum atomic E-state index is -0.155. The van der Waals surface area contributed by atoms with Gasteiger partial charge in [0, 0.05) is 17.5 Å². The number of Topliss-reactive ketones (excluding diaryl/α,β-unsaturated/α-hetero) is 1. The van der Waals surface area contributed by atoms with E-state index in [9.17, 15) is 4.79 Å². The summed E-state index contributed by atoms with van der Waals surface area (Å²) in [5.41, 5.74) is 5.81. The Kier molecular flexibility index (Phi) is 4.68. The summed E-state index contributed by atoms with van der Waals surface area (Å²) in [6.45, 7) is 6.65. The average Bonchev–Trinajstić information content (AvgIpc) is 2.92. The number of aromatic nitrogens is 1. The minimum absolute atomic E-state index is 0.155. The summed E-state index contributed by atoms with van der Waals surface area (Å²) < 4.78 is 0. The molecule has 0 amide bonds. The molecule has 2 aromatic rings. The zero-order valence-corrected chi connectivity index (χ0v) is 13.2. The topological polar surface area (TPSA) is 33.2 Å². The summed E-state index contributed by atoms with van der Waals surface area (Å²) in [6.07, 6.45) is 0. The van der Waals surface area contributed by atoms with Crippen LogP contribution >= 0.6 is 11.3 Å². The van der Waals surface area contributed by atoms with Crippen LogP contribution in [0.1, 0.15) is 34.1 Å². The minimum Gasteiger partial charge on any atom is -0.292 e. The first kappa shape index (κ1) is 14.9. The molecule has 0 aliphatic carbocycles. The maximum absolute atomic E-state index is 12.6. The lowest BCUT2D eigenvalue weighted by Gasteiger charge is -2.23. The average molecular weight is 288 g/mol. The Labute approximate surface area is 124 Å². The van der Waals surface area contributed by atoms with Gasteiger partial charge in [0.05, 0.1) is 17.2 Å². The fourth-order valence-corrected chi connectivity index (χ4v) is 2.68. The SMILES string of the molecule is Cc1ccc(C)c(C(=O)C(C)N(C)Cc2cscn2)c1. The molecule has 1 aromatic heterocycles. The van der Waals surface area contributed by atoms with Crippen LogP contribution in [0.15, 0.2) is 29.1 Å². The van der Waals surface area contributed by atoms with Gasteiger partial charge in [-0.1, -0.05) is 17.7 Å². The van der Waals surface area contributed by atoms with Gasteiger partial charge in [0.15, 0.2) is 5.78 Å². The molecule has 0 spiro atoms. The van der Waals surface area contributed by atoms with Gasteiger partial charge >= 0.3 is 0 Å². The number of benzene rings is 1. The number of carbonyl (C=O) groups is 1. The first-order valence-electron chi connectivity index (χ1n) is 6.68. The van der Waals surface area contributed by atoms with E-state index >= 15 is 0 Å². The Morgan fingerprint density at radius 3 is 2.80 bits per heavy atom. The second-order valence-electron chi connectivity index (χ2n) is 5.25. The summed E-state index contributed by atoms with van der Waals surface area (Å²) in [7, 11) is 1.97. The van der Waals surface area contributed by atoms with Gasteiger partial charge in [0.1, 0.15) is 0 Å². The maximum atomic E-state index is 12.6. The van der Waals surface area contributed by atoms with Gasteiger partial charge in [-0.3, -0.25) is 9.69 Å². The van der Waals surface area contributed by atoms with E-state index in [4.69, 9.17) is 0 Å². The Morgan fingerprint density at radius 1 is 1.40 bits per heavy atom. The maximum Gasteiger partial charge on any atom is 0.179 e. The number of hydrogen-bond acceptors (Lipinski definition) is 4. The number of hydrogen-bond donors (Lipinski definition) is 0. The molecule has 0 aliphatic rings. The number of aryl methyl sites for hydroxylation is 2. The Balaban J connectivity index is 2.13. The van der Waals surface area contributed by atoms with Crippen molar-refractivity contribution in [2.75, 3.05) is 7.05 Å². The van der Waals surface area contributed by atoms with Crippen molar-refractivity contribution in [2.45, 2.75) is 33.4 Å². The first-order valence-corrected chi connectivity index (χ1v) is 7.62. The largest absolute Gasteiger partial charge is 0.292 e. The summed E-state index contributed by atoms with van der Waals surface area (Å²) >= 11 is 1.58. The standard InChI is InChI=1S/C16H20N2OS/c1-11-5-6-12(2)15(7-11)16(19)13(3)18(4)8-14-9-20-10-17-14/h5-7,9-10,13H,8H2,1-4H3. The first-order chi connectivity index (χ1) is 9.49. The summed E-state index contributed by atoms with van der Waals surface area (Å²) in [4.78, 5) is 18.9. The van der Waals surface area contributed by atoms with Crippen molar-refractivity contribution in [3.63, 3.8) is 0 Å². The molecule has 4 heteroatoms. The van der Waals surface area contributed by atoms with Crippen LogP contribution in [0.3, 0.4) is 0 Å². The van der Waals surface area contributed by atoms with Crippen LogP contribution in [0, 0.1) is 13.8 Å². The second kappa shape index (κ2) is 6.29. The van der Waals surface area contributed by atoms with Crippen molar-refractivity contribution < 1.29 is 4.79 Å². The molecule has 1 heterocycles. The highest BCUT2D eigenvalue weighted by Crippen LogP contribution is 2.16. The number of rotatable bonds is 5. The van der Waals surface area contributed by atoms with Gasteiger partial charge in [-0.2, -0.15) is 0 Å². The number of likely N-dealkylation sites (N-methyl/N-ethyl adjacent to an activating group) is 1. The van der Waals surface area contributed by atoms with Crippen molar-refractivity contribution in [2.24, 2.45) is 0 Å². The quantitative estimate of drug-likeness (QED) is 0.790. The molecule has 20 heavy (non-hydrogen) atoms. The highest BCUT2D eigenvalue weighted by molar-refractivity contribution is 7.07. The van der Waals surface area contributed by atoms with Crippen LogP contribution < -0.4 is 0 Å². The highest BCUT2D eigenvalue weighted by Gasteiger charge is 2.21. The Hall–Kier alpha value is -1.52. The van der Waals surface area contributed by atoms with Crippen molar-refractivity contribution >= 4 is 17.1 Å². The number of carbonyl (C=O) groups excluding carboxylic acids is 1. The van der Waals surface area contributed by atoms with Crippen LogP contribution in [0.2, 0.25) is 0 Å². The van der Waals surface area contributed by atoms with Crippen molar-refractivity contribution in [1.82, 2.24) is 9.88 Å². The van der Waals surface area contributed by atoms with Crippen LogP contribution in [-0.4, -0.2) is 28.8 Å². The molecule has 1 atom stereocenters. The Morgan fingerprint density at radius 2 is 2.15 bits per heavy atom. The number of ketones is 1. The van der Waals surface area contributed by atoms with Crippen LogP contribution in [0.4, 0.5) is 0 Å². The van der Waals surface area contributed by atoms with Crippen LogP contribution in [0.5, 0.6) is 0 Å². The molecule has 0 radical (unpaired) electrons. The van der Waals surface area contributed by atoms with E-state index in [2.05, 4.69) is 4.98 Å². The van der Waals surface area contributed by atoms with Crippen molar-refractivity contribution in [1.29, 1.82) is 0 Å². The molecule has 0 fully saturated rings. The van der Waals surface area contributed by atoms with E-state index in [1.165, 1.54) is 0 Å². The number of thiazole rings is 1. The van der Waals surface area contributed by atoms with Gasteiger partial charge < -0.3 is 0 Å². The second-order valence-corrected chi connectivity index (χ2v) is 5.97. The zero-order valence-electron chi connectivity index (χ0n) is 12.4. The van der Waals surface area contributed by atoms with Crippen molar-refractivity contribution in [3.05, 3.63) is 51.5 Å². The molecule has 0 saturated heterocycles. The molecular weight excluding hydrogens is 268 g/mol. The molecular formula is C16H20N2OS. The van der Waals surface area contributed by atoms with Crippen molar-refractivity contribution in [3.8, 4) is 0 Å². The molecule has 2 rings (SSSR count). The predicted octanol–water partition coefficient (Wildman–Crippen LogP) is 3.46.